The zero-order chi connectivity index (χ0) is 19.6. The van der Waals surface area contributed by atoms with Crippen molar-refractivity contribution in [3.63, 3.8) is 0 Å². The third kappa shape index (κ3) is 4.16. The molecular formula is C19H21F2N3O3. The molecule has 1 aliphatic heterocycles. The Morgan fingerprint density at radius 3 is 2.63 bits per heavy atom. The molecule has 2 N–H and O–H groups in total. The summed E-state index contributed by atoms with van der Waals surface area (Å²) in [7, 11) is 0. The van der Waals surface area contributed by atoms with Crippen LogP contribution in [0.25, 0.3) is 0 Å². The van der Waals surface area contributed by atoms with Gasteiger partial charge >= 0.3 is 5.69 Å². The molecule has 27 heavy (non-hydrogen) atoms. The number of nitro groups is 1. The van der Waals surface area contributed by atoms with Crippen molar-refractivity contribution in [2.75, 3.05) is 23.3 Å². The minimum atomic E-state index is -0.929. The molecule has 3 rings (SSSR count). The molecule has 1 saturated heterocycles. The molecule has 0 radical (unpaired) electrons. The van der Waals surface area contributed by atoms with Crippen molar-refractivity contribution in [2.45, 2.75) is 31.9 Å². The van der Waals surface area contributed by atoms with E-state index >= 15 is 0 Å². The number of nitrogens with one attached hydrogen (secondary N) is 1. The first-order valence-electron chi connectivity index (χ1n) is 8.78. The van der Waals surface area contributed by atoms with Gasteiger partial charge in [-0.1, -0.05) is 6.07 Å². The highest BCUT2D eigenvalue weighted by Gasteiger charge is 2.25. The van der Waals surface area contributed by atoms with Gasteiger partial charge in [-0.15, -0.1) is 0 Å². The number of nitrogens with zero attached hydrogens (tertiary/aromatic N) is 2. The van der Waals surface area contributed by atoms with Gasteiger partial charge < -0.3 is 15.3 Å². The molecule has 0 aliphatic carbocycles. The summed E-state index contributed by atoms with van der Waals surface area (Å²) in [4.78, 5) is 12.5. The summed E-state index contributed by atoms with van der Waals surface area (Å²) >= 11 is 0. The fraction of sp³-hybridized carbons (Fsp3) is 0.368. The molecule has 144 valence electrons. The smallest absolute Gasteiger partial charge is 0.327 e. The number of aliphatic hydroxyl groups excluding tert-OH is 1. The van der Waals surface area contributed by atoms with E-state index in [1.165, 1.54) is 24.3 Å². The van der Waals surface area contributed by atoms with Gasteiger partial charge in [0, 0.05) is 24.3 Å². The second-order valence-corrected chi connectivity index (χ2v) is 6.68. The lowest BCUT2D eigenvalue weighted by atomic mass is 10.0. The Balaban J connectivity index is 1.91. The molecule has 0 aromatic heterocycles. The molecule has 8 heteroatoms. The van der Waals surface area contributed by atoms with E-state index in [0.29, 0.717) is 31.5 Å². The van der Waals surface area contributed by atoms with Crippen molar-refractivity contribution in [3.8, 4) is 0 Å². The van der Waals surface area contributed by atoms with Crippen LogP contribution in [0, 0.1) is 21.7 Å². The first-order chi connectivity index (χ1) is 12.9. The Morgan fingerprint density at radius 2 is 1.96 bits per heavy atom. The van der Waals surface area contributed by atoms with Gasteiger partial charge in [-0.05, 0) is 50.1 Å². The Labute approximate surface area is 155 Å². The van der Waals surface area contributed by atoms with E-state index in [-0.39, 0.29) is 11.8 Å². The van der Waals surface area contributed by atoms with Crippen LogP contribution in [0.2, 0.25) is 0 Å². The number of halogens is 2. The minimum Gasteiger partial charge on any atom is -0.393 e. The second-order valence-electron chi connectivity index (χ2n) is 6.68. The van der Waals surface area contributed by atoms with Crippen molar-refractivity contribution >= 4 is 17.1 Å². The summed E-state index contributed by atoms with van der Waals surface area (Å²) in [6.45, 7) is 3.00. The number of piperidine rings is 1. The van der Waals surface area contributed by atoms with E-state index in [0.717, 1.165) is 11.8 Å². The number of anilines is 2. The van der Waals surface area contributed by atoms with Gasteiger partial charge in [-0.25, -0.2) is 4.39 Å². The van der Waals surface area contributed by atoms with E-state index in [1.807, 2.05) is 0 Å². The highest BCUT2D eigenvalue weighted by molar-refractivity contribution is 5.64. The predicted molar refractivity (Wildman–Crippen MR) is 98.9 cm³/mol. The van der Waals surface area contributed by atoms with Crippen LogP contribution in [-0.2, 0) is 0 Å². The van der Waals surface area contributed by atoms with Gasteiger partial charge in [0.2, 0.25) is 5.82 Å². The van der Waals surface area contributed by atoms with E-state index in [1.54, 1.807) is 13.0 Å². The van der Waals surface area contributed by atoms with Crippen molar-refractivity contribution < 1.29 is 18.8 Å². The van der Waals surface area contributed by atoms with Crippen LogP contribution in [0.3, 0.4) is 0 Å². The van der Waals surface area contributed by atoms with E-state index in [4.69, 9.17) is 0 Å². The van der Waals surface area contributed by atoms with Crippen molar-refractivity contribution in [1.82, 2.24) is 0 Å². The summed E-state index contributed by atoms with van der Waals surface area (Å²) < 4.78 is 27.7. The zero-order valence-electron chi connectivity index (χ0n) is 14.9. The summed E-state index contributed by atoms with van der Waals surface area (Å²) in [5.41, 5.74) is 0.812. The van der Waals surface area contributed by atoms with E-state index < -0.39 is 28.3 Å². The number of hydrogen-bond acceptors (Lipinski definition) is 5. The molecule has 1 atom stereocenters. The highest BCUT2D eigenvalue weighted by atomic mass is 19.1. The van der Waals surface area contributed by atoms with Crippen LogP contribution < -0.4 is 10.2 Å². The monoisotopic (exact) mass is 377 g/mol. The number of rotatable bonds is 5. The normalized spacial score (nSPS) is 16.2. The molecule has 6 nitrogen and oxygen atoms in total. The zero-order valence-corrected chi connectivity index (χ0v) is 14.9. The molecule has 0 saturated carbocycles. The summed E-state index contributed by atoms with van der Waals surface area (Å²) in [5, 5.41) is 23.8. The molecule has 1 unspecified atom stereocenters. The molecule has 1 aliphatic rings. The first-order valence-corrected chi connectivity index (χ1v) is 8.78. The Bertz CT molecular complexity index is 839. The first kappa shape index (κ1) is 19.0. The molecule has 0 spiro atoms. The van der Waals surface area contributed by atoms with Crippen LogP contribution in [0.4, 0.5) is 25.8 Å². The van der Waals surface area contributed by atoms with Gasteiger partial charge in [0.15, 0.2) is 0 Å². The van der Waals surface area contributed by atoms with Gasteiger partial charge in [0.05, 0.1) is 17.1 Å². The van der Waals surface area contributed by atoms with Crippen molar-refractivity contribution in [3.05, 3.63) is 63.7 Å². The second kappa shape index (κ2) is 7.87. The Kier molecular flexibility index (Phi) is 5.55. The maximum absolute atomic E-state index is 13.9. The van der Waals surface area contributed by atoms with Gasteiger partial charge in [-0.2, -0.15) is 4.39 Å². The molecule has 2 aromatic carbocycles. The largest absolute Gasteiger partial charge is 0.393 e. The van der Waals surface area contributed by atoms with Crippen LogP contribution in [0.15, 0.2) is 36.4 Å². The van der Waals surface area contributed by atoms with E-state index in [2.05, 4.69) is 10.2 Å². The standard InChI is InChI=1S/C19H21F2N3O3/c1-12(22-17-4-2-3-16(21)19(17)24(26)27)15-11-13(20)5-6-18(15)23-9-7-14(25)8-10-23/h2-6,11-12,14,22,25H,7-10H2,1H3. The lowest BCUT2D eigenvalue weighted by Crippen LogP contribution is -2.36. The maximum Gasteiger partial charge on any atom is 0.327 e. The van der Waals surface area contributed by atoms with Crippen LogP contribution in [0.5, 0.6) is 0 Å². The highest BCUT2D eigenvalue weighted by Crippen LogP contribution is 2.34. The lowest BCUT2D eigenvalue weighted by Gasteiger charge is -2.34. The average Bonchev–Trinajstić information content (AvgIpc) is 2.62. The lowest BCUT2D eigenvalue weighted by molar-refractivity contribution is -0.386. The van der Waals surface area contributed by atoms with Gasteiger partial charge in [0.1, 0.15) is 11.5 Å². The van der Waals surface area contributed by atoms with Crippen LogP contribution in [-0.4, -0.2) is 29.2 Å². The van der Waals surface area contributed by atoms with Crippen molar-refractivity contribution in [2.24, 2.45) is 0 Å². The molecular weight excluding hydrogens is 356 g/mol. The fourth-order valence-electron chi connectivity index (χ4n) is 3.40. The number of aliphatic hydroxyl groups is 1. The third-order valence-corrected chi connectivity index (χ3v) is 4.80. The summed E-state index contributed by atoms with van der Waals surface area (Å²) in [6.07, 6.45) is 0.901. The number of para-hydroxylation sites is 1. The number of benzene rings is 2. The summed E-state index contributed by atoms with van der Waals surface area (Å²) in [6, 6.07) is 7.75. The molecule has 0 amide bonds. The molecule has 0 bridgehead atoms. The minimum absolute atomic E-state index is 0.0387. The average molecular weight is 377 g/mol. The fourth-order valence-corrected chi connectivity index (χ4v) is 3.40. The van der Waals surface area contributed by atoms with Gasteiger partial charge in [0.25, 0.3) is 0 Å². The summed E-state index contributed by atoms with van der Waals surface area (Å²) in [5.74, 6) is -1.35. The Hall–Kier alpha value is -2.74. The Morgan fingerprint density at radius 1 is 1.26 bits per heavy atom. The maximum atomic E-state index is 13.9. The quantitative estimate of drug-likeness (QED) is 0.608. The van der Waals surface area contributed by atoms with Crippen LogP contribution >= 0.6 is 0 Å². The van der Waals surface area contributed by atoms with E-state index in [9.17, 15) is 24.0 Å². The predicted octanol–water partition coefficient (Wildman–Crippen LogP) is 4.01. The van der Waals surface area contributed by atoms with Crippen LogP contribution in [0.1, 0.15) is 31.4 Å². The number of nitro benzene ring substituents is 1. The molecule has 1 heterocycles. The molecule has 1 fully saturated rings. The van der Waals surface area contributed by atoms with Crippen molar-refractivity contribution in [1.29, 1.82) is 0 Å². The number of hydrogen-bond donors (Lipinski definition) is 2. The molecule has 2 aromatic rings. The SMILES string of the molecule is CC(Nc1cccc(F)c1[N+](=O)[O-])c1cc(F)ccc1N1CCC(O)CC1. The third-order valence-electron chi connectivity index (χ3n) is 4.80. The topological polar surface area (TPSA) is 78.6 Å². The van der Waals surface area contributed by atoms with Gasteiger partial charge in [-0.3, -0.25) is 10.1 Å².